The van der Waals surface area contributed by atoms with Crippen molar-refractivity contribution in [3.05, 3.63) is 59.2 Å². The molecule has 0 radical (unpaired) electrons. The van der Waals surface area contributed by atoms with Crippen molar-refractivity contribution in [3.8, 4) is 11.4 Å². The highest BCUT2D eigenvalue weighted by atomic mass is 15.5. The molecule has 2 N–H and O–H groups in total. The Kier molecular flexibility index (Phi) is 3.39. The quantitative estimate of drug-likeness (QED) is 0.748. The Morgan fingerprint density at radius 1 is 1.00 bits per heavy atom. The first-order valence-electron chi connectivity index (χ1n) is 6.81. The van der Waals surface area contributed by atoms with Gasteiger partial charge in [-0.25, -0.2) is 4.68 Å². The average molecular weight is 279 g/mol. The van der Waals surface area contributed by atoms with Crippen LogP contribution in [0.2, 0.25) is 0 Å². The van der Waals surface area contributed by atoms with E-state index in [-0.39, 0.29) is 0 Å². The maximum absolute atomic E-state index is 5.91. The van der Waals surface area contributed by atoms with E-state index < -0.39 is 0 Å². The monoisotopic (exact) mass is 279 g/mol. The van der Waals surface area contributed by atoms with E-state index in [1.807, 2.05) is 25.1 Å². The Labute approximate surface area is 123 Å². The number of hydrogen-bond acceptors (Lipinski definition) is 4. The van der Waals surface area contributed by atoms with Crippen LogP contribution in [0.1, 0.15) is 16.7 Å². The van der Waals surface area contributed by atoms with Gasteiger partial charge in [-0.1, -0.05) is 29.8 Å². The van der Waals surface area contributed by atoms with Gasteiger partial charge in [-0.05, 0) is 53.6 Å². The third kappa shape index (κ3) is 2.91. The van der Waals surface area contributed by atoms with Crippen LogP contribution in [0.5, 0.6) is 0 Å². The first-order chi connectivity index (χ1) is 10.1. The predicted molar refractivity (Wildman–Crippen MR) is 82.7 cm³/mol. The minimum absolute atomic E-state index is 0.635. The molecule has 0 amide bonds. The highest BCUT2D eigenvalue weighted by molar-refractivity contribution is 5.62. The van der Waals surface area contributed by atoms with Crippen LogP contribution in [0.15, 0.2) is 42.5 Å². The Morgan fingerprint density at radius 3 is 2.48 bits per heavy atom. The van der Waals surface area contributed by atoms with Gasteiger partial charge in [-0.3, -0.25) is 0 Å². The molecule has 0 aliphatic heterocycles. The second-order valence-electron chi connectivity index (χ2n) is 5.28. The number of anilines is 1. The molecule has 0 aliphatic rings. The SMILES string of the molecule is Cc1ccc(Cn2nnnc2-c2cc(C)cc(N)c2)cc1. The lowest BCUT2D eigenvalue weighted by atomic mass is 10.1. The van der Waals surface area contributed by atoms with Crippen LogP contribution < -0.4 is 5.73 Å². The maximum Gasteiger partial charge on any atom is 0.182 e. The number of aryl methyl sites for hydroxylation is 2. The van der Waals surface area contributed by atoms with Crippen LogP contribution in [0.25, 0.3) is 11.4 Å². The van der Waals surface area contributed by atoms with E-state index in [1.165, 1.54) is 5.56 Å². The number of nitrogens with two attached hydrogens (primary N) is 1. The van der Waals surface area contributed by atoms with Crippen molar-refractivity contribution < 1.29 is 0 Å². The fourth-order valence-electron chi connectivity index (χ4n) is 2.33. The molecule has 0 saturated heterocycles. The number of tetrazole rings is 1. The lowest BCUT2D eigenvalue weighted by Crippen LogP contribution is -2.04. The minimum Gasteiger partial charge on any atom is -0.399 e. The second kappa shape index (κ2) is 5.36. The molecule has 2 aromatic carbocycles. The third-order valence-electron chi connectivity index (χ3n) is 3.34. The maximum atomic E-state index is 5.91. The van der Waals surface area contributed by atoms with E-state index in [9.17, 15) is 0 Å². The number of rotatable bonds is 3. The summed E-state index contributed by atoms with van der Waals surface area (Å²) in [5.74, 6) is 0.728. The highest BCUT2D eigenvalue weighted by Crippen LogP contribution is 2.21. The number of benzene rings is 2. The Bertz CT molecular complexity index is 738. The van der Waals surface area contributed by atoms with Crippen molar-refractivity contribution in [2.45, 2.75) is 20.4 Å². The zero-order chi connectivity index (χ0) is 14.8. The molecule has 21 heavy (non-hydrogen) atoms. The molecule has 0 spiro atoms. The summed E-state index contributed by atoms with van der Waals surface area (Å²) < 4.78 is 1.79. The number of nitrogen functional groups attached to an aromatic ring is 1. The molecule has 0 bridgehead atoms. The van der Waals surface area contributed by atoms with Crippen molar-refractivity contribution >= 4 is 5.69 Å². The van der Waals surface area contributed by atoms with Gasteiger partial charge in [-0.2, -0.15) is 0 Å². The van der Waals surface area contributed by atoms with Crippen molar-refractivity contribution in [2.75, 3.05) is 5.73 Å². The van der Waals surface area contributed by atoms with E-state index >= 15 is 0 Å². The Hall–Kier alpha value is -2.69. The summed E-state index contributed by atoms with van der Waals surface area (Å²) in [6.45, 7) is 4.71. The molecule has 3 rings (SSSR count). The second-order valence-corrected chi connectivity index (χ2v) is 5.28. The zero-order valence-electron chi connectivity index (χ0n) is 12.1. The van der Waals surface area contributed by atoms with Crippen LogP contribution >= 0.6 is 0 Å². The largest absolute Gasteiger partial charge is 0.399 e. The molecular formula is C16H17N5. The summed E-state index contributed by atoms with van der Waals surface area (Å²) in [7, 11) is 0. The summed E-state index contributed by atoms with van der Waals surface area (Å²) in [5.41, 5.74) is 11.1. The van der Waals surface area contributed by atoms with E-state index in [4.69, 9.17) is 5.73 Å². The van der Waals surface area contributed by atoms with Gasteiger partial charge in [0.2, 0.25) is 0 Å². The molecule has 0 aliphatic carbocycles. The summed E-state index contributed by atoms with van der Waals surface area (Å²) in [6.07, 6.45) is 0. The predicted octanol–water partition coefficient (Wildman–Crippen LogP) is 2.59. The van der Waals surface area contributed by atoms with E-state index in [0.29, 0.717) is 6.54 Å². The van der Waals surface area contributed by atoms with Crippen LogP contribution in [0.4, 0.5) is 5.69 Å². The smallest absolute Gasteiger partial charge is 0.182 e. The fourth-order valence-corrected chi connectivity index (χ4v) is 2.33. The van der Waals surface area contributed by atoms with Gasteiger partial charge in [-0.15, -0.1) is 5.10 Å². The van der Waals surface area contributed by atoms with Gasteiger partial charge in [0.1, 0.15) is 0 Å². The molecule has 0 saturated carbocycles. The van der Waals surface area contributed by atoms with Crippen LogP contribution in [0.3, 0.4) is 0 Å². The van der Waals surface area contributed by atoms with Crippen molar-refractivity contribution in [1.82, 2.24) is 20.2 Å². The Balaban J connectivity index is 1.95. The van der Waals surface area contributed by atoms with E-state index in [1.54, 1.807) is 4.68 Å². The molecule has 5 nitrogen and oxygen atoms in total. The van der Waals surface area contributed by atoms with Gasteiger partial charge in [0.25, 0.3) is 0 Å². The van der Waals surface area contributed by atoms with Gasteiger partial charge < -0.3 is 5.73 Å². The molecule has 1 aromatic heterocycles. The minimum atomic E-state index is 0.635. The third-order valence-corrected chi connectivity index (χ3v) is 3.34. The highest BCUT2D eigenvalue weighted by Gasteiger charge is 2.10. The number of nitrogens with zero attached hydrogens (tertiary/aromatic N) is 4. The van der Waals surface area contributed by atoms with Crippen LogP contribution in [0, 0.1) is 13.8 Å². The average Bonchev–Trinajstić information content (AvgIpc) is 2.88. The topological polar surface area (TPSA) is 69.6 Å². The number of hydrogen-bond donors (Lipinski definition) is 1. The molecule has 0 unspecified atom stereocenters. The molecule has 3 aromatic rings. The van der Waals surface area contributed by atoms with Crippen molar-refractivity contribution in [1.29, 1.82) is 0 Å². The molecule has 0 fully saturated rings. The molecule has 1 heterocycles. The lowest BCUT2D eigenvalue weighted by molar-refractivity contribution is 0.653. The Morgan fingerprint density at radius 2 is 1.76 bits per heavy atom. The van der Waals surface area contributed by atoms with Crippen LogP contribution in [-0.2, 0) is 6.54 Å². The summed E-state index contributed by atoms with van der Waals surface area (Å²) >= 11 is 0. The van der Waals surface area contributed by atoms with Gasteiger partial charge in [0, 0.05) is 11.3 Å². The molecule has 106 valence electrons. The summed E-state index contributed by atoms with van der Waals surface area (Å²) in [6, 6.07) is 14.2. The van der Waals surface area contributed by atoms with E-state index in [0.717, 1.165) is 28.2 Å². The zero-order valence-corrected chi connectivity index (χ0v) is 12.1. The van der Waals surface area contributed by atoms with Gasteiger partial charge >= 0.3 is 0 Å². The van der Waals surface area contributed by atoms with Crippen LogP contribution in [-0.4, -0.2) is 20.2 Å². The summed E-state index contributed by atoms with van der Waals surface area (Å²) in [5, 5.41) is 12.0. The fraction of sp³-hybridized carbons (Fsp3) is 0.188. The number of aromatic nitrogens is 4. The summed E-state index contributed by atoms with van der Waals surface area (Å²) in [4.78, 5) is 0. The van der Waals surface area contributed by atoms with Gasteiger partial charge in [0.05, 0.1) is 6.54 Å². The molecular weight excluding hydrogens is 262 g/mol. The first-order valence-corrected chi connectivity index (χ1v) is 6.81. The van der Waals surface area contributed by atoms with Crippen molar-refractivity contribution in [2.24, 2.45) is 0 Å². The standard InChI is InChI=1S/C16H17N5/c1-11-3-5-13(6-4-11)10-21-16(18-19-20-21)14-7-12(2)8-15(17)9-14/h3-9H,10,17H2,1-2H3. The normalized spacial score (nSPS) is 10.8. The van der Waals surface area contributed by atoms with Crippen molar-refractivity contribution in [3.63, 3.8) is 0 Å². The van der Waals surface area contributed by atoms with E-state index in [2.05, 4.69) is 46.7 Å². The molecule has 5 heteroatoms. The first kappa shape index (κ1) is 13.3. The molecule has 0 atom stereocenters. The lowest BCUT2D eigenvalue weighted by Gasteiger charge is -2.07. The van der Waals surface area contributed by atoms with Gasteiger partial charge in [0.15, 0.2) is 5.82 Å².